The van der Waals surface area contributed by atoms with Gasteiger partial charge in [0.1, 0.15) is 6.10 Å². The standard InChI is InChI=1S/C31H37N5O4/c1-2-36(32)30(38)25-14-12-24(13-15-25)29(37)22-33-18-21-35-19-16-26(17-20-35)40-31(39)34-28-11-7-6-10-27(28)23-8-4-3-5-9-23/h3-15,26,33H,2,16-22,32H2,1H3,(H,34,39). The van der Waals surface area contributed by atoms with Gasteiger partial charge in [-0.2, -0.15) is 0 Å². The van der Waals surface area contributed by atoms with Gasteiger partial charge in [-0.15, -0.1) is 0 Å². The molecule has 1 heterocycles. The second kappa shape index (κ2) is 14.4. The van der Waals surface area contributed by atoms with E-state index in [2.05, 4.69) is 15.5 Å². The summed E-state index contributed by atoms with van der Waals surface area (Å²) in [6.45, 7) is 5.53. The molecule has 40 heavy (non-hydrogen) atoms. The number of benzene rings is 3. The lowest BCUT2D eigenvalue weighted by atomic mass is 10.0. The molecule has 0 saturated carbocycles. The lowest BCUT2D eigenvalue weighted by molar-refractivity contribution is 0.0593. The maximum atomic E-state index is 12.6. The molecule has 0 unspecified atom stereocenters. The number of nitrogens with one attached hydrogen (secondary N) is 2. The van der Waals surface area contributed by atoms with E-state index >= 15 is 0 Å². The molecule has 0 atom stereocenters. The summed E-state index contributed by atoms with van der Waals surface area (Å²) in [5, 5.41) is 7.25. The van der Waals surface area contributed by atoms with E-state index in [0.717, 1.165) is 54.3 Å². The van der Waals surface area contributed by atoms with Gasteiger partial charge in [-0.05, 0) is 43.5 Å². The molecule has 9 nitrogen and oxygen atoms in total. The molecule has 1 aliphatic rings. The molecule has 4 N–H and O–H groups in total. The minimum Gasteiger partial charge on any atom is -0.446 e. The van der Waals surface area contributed by atoms with E-state index in [4.69, 9.17) is 10.6 Å². The summed E-state index contributed by atoms with van der Waals surface area (Å²) in [7, 11) is 0. The lowest BCUT2D eigenvalue weighted by Gasteiger charge is -2.31. The number of ether oxygens (including phenoxy) is 1. The van der Waals surface area contributed by atoms with Gasteiger partial charge < -0.3 is 15.0 Å². The van der Waals surface area contributed by atoms with Crippen molar-refractivity contribution >= 4 is 23.5 Å². The van der Waals surface area contributed by atoms with E-state index in [0.29, 0.717) is 24.2 Å². The van der Waals surface area contributed by atoms with Crippen LogP contribution in [0.25, 0.3) is 11.1 Å². The number of para-hydroxylation sites is 1. The maximum absolute atomic E-state index is 12.6. The summed E-state index contributed by atoms with van der Waals surface area (Å²) in [5.41, 5.74) is 3.70. The first-order chi connectivity index (χ1) is 19.4. The Bertz CT molecular complexity index is 1270. The Labute approximate surface area is 235 Å². The summed E-state index contributed by atoms with van der Waals surface area (Å²) in [6.07, 6.45) is 0.949. The number of anilines is 1. The predicted molar refractivity (Wildman–Crippen MR) is 156 cm³/mol. The number of Topliss-reactive ketones (excluding diaryl/α,β-unsaturated/α-hetero) is 1. The number of likely N-dealkylation sites (tertiary alicyclic amines) is 1. The number of carbonyl (C=O) groups excluding carboxylic acids is 3. The fraction of sp³-hybridized carbons (Fsp3) is 0.323. The van der Waals surface area contributed by atoms with Crippen molar-refractivity contribution in [1.29, 1.82) is 0 Å². The van der Waals surface area contributed by atoms with Crippen molar-refractivity contribution in [1.82, 2.24) is 15.2 Å². The summed E-state index contributed by atoms with van der Waals surface area (Å²) in [4.78, 5) is 39.5. The third kappa shape index (κ3) is 7.98. The molecular formula is C31H37N5O4. The zero-order chi connectivity index (χ0) is 28.3. The van der Waals surface area contributed by atoms with Crippen LogP contribution in [0.1, 0.15) is 40.5 Å². The fourth-order valence-electron chi connectivity index (χ4n) is 4.65. The fourth-order valence-corrected chi connectivity index (χ4v) is 4.65. The van der Waals surface area contributed by atoms with Gasteiger partial charge in [0.2, 0.25) is 0 Å². The Hall–Kier alpha value is -4.05. The first-order valence-corrected chi connectivity index (χ1v) is 13.7. The SMILES string of the molecule is CCN(N)C(=O)c1ccc(C(=O)CNCCN2CCC(OC(=O)Nc3ccccc3-c3ccccc3)CC2)cc1. The summed E-state index contributed by atoms with van der Waals surface area (Å²) in [5.74, 6) is 5.34. The van der Waals surface area contributed by atoms with Crippen molar-refractivity contribution in [2.24, 2.45) is 5.84 Å². The number of amides is 2. The molecule has 1 aliphatic heterocycles. The Morgan fingerprint density at radius 1 is 0.925 bits per heavy atom. The third-order valence-electron chi connectivity index (χ3n) is 7.00. The number of nitrogens with two attached hydrogens (primary N) is 1. The smallest absolute Gasteiger partial charge is 0.411 e. The molecule has 1 fully saturated rings. The van der Waals surface area contributed by atoms with Gasteiger partial charge in [0.25, 0.3) is 5.91 Å². The van der Waals surface area contributed by atoms with Crippen molar-refractivity contribution in [3.8, 4) is 11.1 Å². The highest BCUT2D eigenvalue weighted by atomic mass is 16.6. The van der Waals surface area contributed by atoms with Crippen LogP contribution in [0.4, 0.5) is 10.5 Å². The number of hydrogen-bond acceptors (Lipinski definition) is 7. The normalized spacial score (nSPS) is 13.9. The van der Waals surface area contributed by atoms with Gasteiger partial charge in [-0.25, -0.2) is 10.6 Å². The van der Waals surface area contributed by atoms with Crippen LogP contribution in [-0.4, -0.2) is 73.1 Å². The van der Waals surface area contributed by atoms with Crippen molar-refractivity contribution in [2.75, 3.05) is 44.6 Å². The number of hydrazine groups is 1. The number of nitrogens with zero attached hydrogens (tertiary/aromatic N) is 2. The molecular weight excluding hydrogens is 506 g/mol. The van der Waals surface area contributed by atoms with Gasteiger partial charge in [0.05, 0.1) is 12.2 Å². The minimum atomic E-state index is -0.440. The maximum Gasteiger partial charge on any atom is 0.411 e. The van der Waals surface area contributed by atoms with Crippen molar-refractivity contribution < 1.29 is 19.1 Å². The highest BCUT2D eigenvalue weighted by Gasteiger charge is 2.22. The van der Waals surface area contributed by atoms with Gasteiger partial charge in [-0.3, -0.25) is 19.9 Å². The Balaban J connectivity index is 1.14. The van der Waals surface area contributed by atoms with Crippen molar-refractivity contribution in [2.45, 2.75) is 25.9 Å². The summed E-state index contributed by atoms with van der Waals surface area (Å²) >= 11 is 0. The number of ketones is 1. The molecule has 3 aromatic rings. The second-order valence-corrected chi connectivity index (χ2v) is 9.75. The molecule has 3 aromatic carbocycles. The number of piperidine rings is 1. The molecule has 2 amide bonds. The van der Waals surface area contributed by atoms with Crippen LogP contribution in [0, 0.1) is 0 Å². The largest absolute Gasteiger partial charge is 0.446 e. The molecule has 0 radical (unpaired) electrons. The van der Waals surface area contributed by atoms with Crippen LogP contribution in [0.5, 0.6) is 0 Å². The van der Waals surface area contributed by atoms with Crippen molar-refractivity contribution in [3.05, 3.63) is 90.0 Å². The van der Waals surface area contributed by atoms with Crippen LogP contribution in [-0.2, 0) is 4.74 Å². The van der Waals surface area contributed by atoms with Gasteiger partial charge in [0, 0.05) is 49.4 Å². The van der Waals surface area contributed by atoms with Gasteiger partial charge >= 0.3 is 6.09 Å². The Kier molecular flexibility index (Phi) is 10.4. The molecule has 4 rings (SSSR count). The molecule has 0 bridgehead atoms. The Morgan fingerprint density at radius 2 is 1.57 bits per heavy atom. The molecule has 1 saturated heterocycles. The molecule has 9 heteroatoms. The third-order valence-corrected chi connectivity index (χ3v) is 7.00. The topological polar surface area (TPSA) is 117 Å². The van der Waals surface area contributed by atoms with Crippen LogP contribution >= 0.6 is 0 Å². The van der Waals surface area contributed by atoms with Crippen LogP contribution in [0.3, 0.4) is 0 Å². The zero-order valence-corrected chi connectivity index (χ0v) is 22.8. The molecule has 210 valence electrons. The van der Waals surface area contributed by atoms with E-state index in [1.54, 1.807) is 31.2 Å². The van der Waals surface area contributed by atoms with E-state index in [1.807, 2.05) is 54.6 Å². The Morgan fingerprint density at radius 3 is 2.27 bits per heavy atom. The first kappa shape index (κ1) is 28.9. The second-order valence-electron chi connectivity index (χ2n) is 9.75. The van der Waals surface area contributed by atoms with Gasteiger partial charge in [0.15, 0.2) is 5.78 Å². The number of carbonyl (C=O) groups is 3. The average Bonchev–Trinajstić information content (AvgIpc) is 3.00. The van der Waals surface area contributed by atoms with E-state index in [9.17, 15) is 14.4 Å². The van der Waals surface area contributed by atoms with Crippen molar-refractivity contribution in [3.63, 3.8) is 0 Å². The zero-order valence-electron chi connectivity index (χ0n) is 22.8. The predicted octanol–water partition coefficient (Wildman–Crippen LogP) is 4.17. The molecule has 0 aliphatic carbocycles. The van der Waals surface area contributed by atoms with E-state index < -0.39 is 6.09 Å². The highest BCUT2D eigenvalue weighted by Crippen LogP contribution is 2.28. The van der Waals surface area contributed by atoms with Crippen LogP contribution in [0.15, 0.2) is 78.9 Å². The van der Waals surface area contributed by atoms with Crippen LogP contribution < -0.4 is 16.5 Å². The van der Waals surface area contributed by atoms with E-state index in [-0.39, 0.29) is 24.3 Å². The van der Waals surface area contributed by atoms with Gasteiger partial charge in [-0.1, -0.05) is 60.7 Å². The summed E-state index contributed by atoms with van der Waals surface area (Å²) in [6, 6.07) is 24.2. The monoisotopic (exact) mass is 543 g/mol. The quantitative estimate of drug-likeness (QED) is 0.109. The number of rotatable bonds is 11. The first-order valence-electron chi connectivity index (χ1n) is 13.7. The van der Waals surface area contributed by atoms with E-state index in [1.165, 1.54) is 0 Å². The molecule has 0 spiro atoms. The lowest BCUT2D eigenvalue weighted by Crippen LogP contribution is -2.42. The molecule has 0 aromatic heterocycles. The summed E-state index contributed by atoms with van der Waals surface area (Å²) < 4.78 is 5.72. The highest BCUT2D eigenvalue weighted by molar-refractivity contribution is 5.99. The minimum absolute atomic E-state index is 0.0361. The number of hydrogen-bond donors (Lipinski definition) is 3. The average molecular weight is 544 g/mol. The van der Waals surface area contributed by atoms with Crippen LogP contribution in [0.2, 0.25) is 0 Å².